The van der Waals surface area contributed by atoms with E-state index < -0.39 is 31.4 Å². The third-order valence-electron chi connectivity index (χ3n) is 5.04. The summed E-state index contributed by atoms with van der Waals surface area (Å²) >= 11 is 0. The number of benzene rings is 1. The number of hydrogen-bond acceptors (Lipinski definition) is 5. The summed E-state index contributed by atoms with van der Waals surface area (Å²) in [5.74, 6) is -0.248. The molecule has 2 heterocycles. The fraction of sp³-hybridized carbons (Fsp3) is 0.588. The first kappa shape index (κ1) is 19.3. The Morgan fingerprint density at radius 3 is 2.08 bits per heavy atom. The average molecular weight is 401 g/mol. The van der Waals surface area contributed by atoms with Crippen molar-refractivity contribution in [2.75, 3.05) is 23.1 Å². The molecule has 0 N–H and O–H groups in total. The summed E-state index contributed by atoms with van der Waals surface area (Å²) in [5.41, 5.74) is -0.819. The third kappa shape index (κ3) is 3.27. The molecule has 1 aromatic rings. The second-order valence-corrected chi connectivity index (χ2v) is 11.5. The quantitative estimate of drug-likeness (QED) is 0.772. The topological polar surface area (TPSA) is 91.8 Å². The predicted molar refractivity (Wildman–Crippen MR) is 98.7 cm³/mol. The van der Waals surface area contributed by atoms with Crippen LogP contribution in [0.2, 0.25) is 0 Å². The van der Waals surface area contributed by atoms with E-state index in [2.05, 4.69) is 6.92 Å². The summed E-state index contributed by atoms with van der Waals surface area (Å²) in [4.78, 5) is 12.5. The van der Waals surface area contributed by atoms with Crippen molar-refractivity contribution in [2.24, 2.45) is 11.3 Å². The van der Waals surface area contributed by atoms with E-state index in [1.54, 1.807) is 13.8 Å². The highest BCUT2D eigenvalue weighted by molar-refractivity contribution is 7.94. The largest absolute Gasteiger partial charge is 0.273 e. The van der Waals surface area contributed by atoms with Crippen LogP contribution >= 0.6 is 0 Å². The Morgan fingerprint density at radius 1 is 1.08 bits per heavy atom. The molecule has 144 valence electrons. The highest BCUT2D eigenvalue weighted by Gasteiger charge is 2.49. The van der Waals surface area contributed by atoms with Gasteiger partial charge in [0, 0.05) is 13.1 Å². The highest BCUT2D eigenvalue weighted by Crippen LogP contribution is 2.36. The van der Waals surface area contributed by atoms with Crippen LogP contribution in [0.1, 0.15) is 33.6 Å². The summed E-state index contributed by atoms with van der Waals surface area (Å²) in [6, 6.07) is 5.51. The number of nitrogens with zero attached hydrogens (tertiary/aromatic N) is 2. The van der Waals surface area contributed by atoms with Gasteiger partial charge in [0.1, 0.15) is 0 Å². The maximum Gasteiger partial charge on any atom is 0.247 e. The van der Waals surface area contributed by atoms with Crippen molar-refractivity contribution in [3.63, 3.8) is 0 Å². The fourth-order valence-electron chi connectivity index (χ4n) is 3.39. The summed E-state index contributed by atoms with van der Waals surface area (Å²) in [6.07, 6.45) is 1.65. The fourth-order valence-corrected chi connectivity index (χ4v) is 6.97. The molecule has 3 rings (SSSR count). The van der Waals surface area contributed by atoms with E-state index in [0.29, 0.717) is 19.0 Å². The first-order valence-corrected chi connectivity index (χ1v) is 11.7. The molecule has 0 aliphatic carbocycles. The van der Waals surface area contributed by atoms with Crippen molar-refractivity contribution in [1.82, 2.24) is 4.31 Å². The monoisotopic (exact) mass is 400 g/mol. The molecule has 9 heteroatoms. The Morgan fingerprint density at radius 2 is 1.62 bits per heavy atom. The summed E-state index contributed by atoms with van der Waals surface area (Å²) in [7, 11) is -7.36. The van der Waals surface area contributed by atoms with Crippen LogP contribution in [0.15, 0.2) is 29.2 Å². The average Bonchev–Trinajstić information content (AvgIpc) is 2.71. The van der Waals surface area contributed by atoms with Crippen LogP contribution in [-0.2, 0) is 24.8 Å². The Bertz CT molecular complexity index is 912. The number of piperidine rings is 1. The molecule has 0 spiro atoms. The number of carbonyl (C=O) groups excluding carboxylic acids is 1. The first-order chi connectivity index (χ1) is 11.9. The number of sulfonamides is 2. The minimum Gasteiger partial charge on any atom is -0.273 e. The van der Waals surface area contributed by atoms with Crippen LogP contribution in [0, 0.1) is 11.3 Å². The highest BCUT2D eigenvalue weighted by atomic mass is 32.2. The molecule has 2 fully saturated rings. The maximum absolute atomic E-state index is 12.7. The molecule has 26 heavy (non-hydrogen) atoms. The van der Waals surface area contributed by atoms with Crippen molar-refractivity contribution < 1.29 is 21.6 Å². The molecule has 7 nitrogen and oxygen atoms in total. The molecule has 0 bridgehead atoms. The van der Waals surface area contributed by atoms with Gasteiger partial charge in [0.25, 0.3) is 0 Å². The zero-order valence-corrected chi connectivity index (χ0v) is 16.8. The van der Waals surface area contributed by atoms with Crippen molar-refractivity contribution in [2.45, 2.75) is 38.5 Å². The standard InChI is InChI=1S/C17H24N2O5S2/c1-13-8-10-18(11-9-13)26(23,24)15-6-4-14(5-7-15)19-16(20)17(2,3)12-25(19,21)22/h4-7,13H,8-12H2,1-3H3. The lowest BCUT2D eigenvalue weighted by Gasteiger charge is -2.29. The van der Waals surface area contributed by atoms with Crippen LogP contribution in [0.25, 0.3) is 0 Å². The molecule has 2 aliphatic heterocycles. The lowest BCUT2D eigenvalue weighted by molar-refractivity contribution is -0.123. The van der Waals surface area contributed by atoms with Gasteiger partial charge in [-0.3, -0.25) is 4.79 Å². The van der Waals surface area contributed by atoms with E-state index in [0.717, 1.165) is 17.1 Å². The smallest absolute Gasteiger partial charge is 0.247 e. The van der Waals surface area contributed by atoms with Crippen molar-refractivity contribution in [3.05, 3.63) is 24.3 Å². The van der Waals surface area contributed by atoms with E-state index in [4.69, 9.17) is 0 Å². The predicted octanol–water partition coefficient (Wildman–Crippen LogP) is 1.81. The molecule has 0 radical (unpaired) electrons. The summed E-state index contributed by atoms with van der Waals surface area (Å²) < 4.78 is 52.4. The molecule has 1 aromatic carbocycles. The van der Waals surface area contributed by atoms with Crippen molar-refractivity contribution in [3.8, 4) is 0 Å². The molecular weight excluding hydrogens is 376 g/mol. The van der Waals surface area contributed by atoms with Gasteiger partial charge in [-0.15, -0.1) is 0 Å². The SMILES string of the molecule is CC1CCN(S(=O)(=O)c2ccc(N3C(=O)C(C)(C)CS3(=O)=O)cc2)CC1. The number of carbonyl (C=O) groups is 1. The Balaban J connectivity index is 1.88. The zero-order chi connectivity index (χ0) is 19.3. The van der Waals surface area contributed by atoms with Crippen LogP contribution < -0.4 is 4.31 Å². The van der Waals surface area contributed by atoms with Crippen LogP contribution in [-0.4, -0.2) is 45.9 Å². The van der Waals surface area contributed by atoms with Gasteiger partial charge in [-0.1, -0.05) is 6.92 Å². The van der Waals surface area contributed by atoms with Crippen LogP contribution in [0.3, 0.4) is 0 Å². The van der Waals surface area contributed by atoms with Crippen LogP contribution in [0.4, 0.5) is 5.69 Å². The Kier molecular flexibility index (Phi) is 4.69. The van der Waals surface area contributed by atoms with Gasteiger partial charge < -0.3 is 0 Å². The Labute approximate surface area is 155 Å². The van der Waals surface area contributed by atoms with E-state index in [9.17, 15) is 21.6 Å². The van der Waals surface area contributed by atoms with E-state index in [-0.39, 0.29) is 16.3 Å². The van der Waals surface area contributed by atoms with Gasteiger partial charge in [-0.05, 0) is 56.9 Å². The third-order valence-corrected chi connectivity index (χ3v) is 8.97. The number of rotatable bonds is 3. The molecule has 0 saturated carbocycles. The second-order valence-electron chi connectivity index (χ2n) is 7.79. The van der Waals surface area contributed by atoms with Crippen LogP contribution in [0.5, 0.6) is 0 Å². The van der Waals surface area contributed by atoms with Crippen molar-refractivity contribution >= 4 is 31.6 Å². The molecule has 0 aromatic heterocycles. The normalized spacial score (nSPS) is 24.1. The number of amides is 1. The molecule has 2 saturated heterocycles. The van der Waals surface area contributed by atoms with Gasteiger partial charge in [0.15, 0.2) is 0 Å². The first-order valence-electron chi connectivity index (χ1n) is 8.63. The minimum atomic E-state index is -3.75. The molecule has 2 aliphatic rings. The maximum atomic E-state index is 12.7. The molecule has 0 atom stereocenters. The Hall–Kier alpha value is -1.45. The summed E-state index contributed by atoms with van der Waals surface area (Å²) in [5, 5.41) is 0. The number of anilines is 1. The van der Waals surface area contributed by atoms with Gasteiger partial charge in [0.2, 0.25) is 26.0 Å². The minimum absolute atomic E-state index is 0.110. The number of hydrogen-bond donors (Lipinski definition) is 0. The van der Waals surface area contributed by atoms with Gasteiger partial charge in [0.05, 0.1) is 21.8 Å². The molecule has 0 unspecified atom stereocenters. The molecule has 1 amide bonds. The van der Waals surface area contributed by atoms with Gasteiger partial charge in [-0.2, -0.15) is 4.31 Å². The summed E-state index contributed by atoms with van der Waals surface area (Å²) in [6.45, 7) is 6.25. The van der Waals surface area contributed by atoms with Gasteiger partial charge in [-0.25, -0.2) is 21.1 Å². The lowest BCUT2D eigenvalue weighted by Crippen LogP contribution is -2.38. The zero-order valence-electron chi connectivity index (χ0n) is 15.2. The lowest BCUT2D eigenvalue weighted by atomic mass is 9.95. The van der Waals surface area contributed by atoms with E-state index >= 15 is 0 Å². The van der Waals surface area contributed by atoms with Gasteiger partial charge >= 0.3 is 0 Å². The van der Waals surface area contributed by atoms with E-state index in [1.165, 1.54) is 28.6 Å². The second kappa shape index (κ2) is 6.31. The molecular formula is C17H24N2O5S2. The van der Waals surface area contributed by atoms with Crippen molar-refractivity contribution in [1.29, 1.82) is 0 Å². The van der Waals surface area contributed by atoms with E-state index in [1.807, 2.05) is 0 Å².